The Hall–Kier alpha value is -3.41. The minimum Gasteiger partial charge on any atom is -0.482 e. The number of benzene rings is 1. The van der Waals surface area contributed by atoms with Gasteiger partial charge in [-0.15, -0.1) is 0 Å². The normalized spacial score (nSPS) is 14.6. The summed E-state index contributed by atoms with van der Waals surface area (Å²) >= 11 is 12.4. The lowest BCUT2D eigenvalue weighted by molar-refractivity contribution is -0.154. The molecule has 1 aromatic carbocycles. The van der Waals surface area contributed by atoms with E-state index in [0.717, 1.165) is 43.2 Å². The van der Waals surface area contributed by atoms with Gasteiger partial charge in [-0.2, -0.15) is 5.10 Å². The van der Waals surface area contributed by atoms with Gasteiger partial charge in [0.15, 0.2) is 11.6 Å². The smallest absolute Gasteiger partial charge is 0.310 e. The van der Waals surface area contributed by atoms with Crippen LogP contribution in [0.4, 0.5) is 10.2 Å². The summed E-state index contributed by atoms with van der Waals surface area (Å²) in [6.45, 7) is 8.86. The molecule has 2 atom stereocenters. The zero-order valence-corrected chi connectivity index (χ0v) is 28.5. The zero-order valence-electron chi connectivity index (χ0n) is 27.0. The number of nitrogens with two attached hydrogens (primary N) is 1. The first-order valence-electron chi connectivity index (χ1n) is 15.4. The number of ether oxygens (including phenoxy) is 3. The van der Waals surface area contributed by atoms with Gasteiger partial charge in [0.05, 0.1) is 17.1 Å². The van der Waals surface area contributed by atoms with Crippen molar-refractivity contribution >= 4 is 41.5 Å². The molecule has 3 N–H and O–H groups in total. The number of nitrogens with zero attached hydrogens (tertiary/aromatic N) is 3. The number of esters is 1. The second-order valence-electron chi connectivity index (χ2n) is 12.2. The molecule has 0 aliphatic heterocycles. The highest BCUT2D eigenvalue weighted by Crippen LogP contribution is 2.37. The third kappa shape index (κ3) is 11.1. The predicted octanol–water partition coefficient (Wildman–Crippen LogP) is 7.17. The lowest BCUT2D eigenvalue weighted by atomic mass is 10.0. The molecule has 3 aromatic rings. The van der Waals surface area contributed by atoms with Gasteiger partial charge in [0.25, 0.3) is 6.47 Å². The number of aromatic nitrogens is 3. The molecule has 0 spiro atoms. The molecule has 252 valence electrons. The average Bonchev–Trinajstić information content (AvgIpc) is 3.68. The Morgan fingerprint density at radius 3 is 2.57 bits per heavy atom. The maximum absolute atomic E-state index is 14.0. The van der Waals surface area contributed by atoms with Crippen molar-refractivity contribution in [3.05, 3.63) is 58.2 Å². The number of carbonyl (C=O) groups is 2. The lowest BCUT2D eigenvalue weighted by Gasteiger charge is -2.19. The Kier molecular flexibility index (Phi) is 14.1. The molecule has 0 radical (unpaired) electrons. The highest BCUT2D eigenvalue weighted by atomic mass is 35.5. The molecule has 4 rings (SSSR count). The fourth-order valence-corrected chi connectivity index (χ4v) is 5.65. The fraction of sp³-hybridized carbons (Fsp3) is 0.515. The van der Waals surface area contributed by atoms with E-state index in [9.17, 15) is 14.0 Å². The molecule has 2 aromatic heterocycles. The number of hydrogen-bond acceptors (Lipinski definition) is 9. The van der Waals surface area contributed by atoms with Gasteiger partial charge in [-0.1, -0.05) is 23.2 Å². The highest BCUT2D eigenvalue weighted by Gasteiger charge is 2.25. The highest BCUT2D eigenvalue weighted by molar-refractivity contribution is 6.36. The van der Waals surface area contributed by atoms with Gasteiger partial charge >= 0.3 is 5.97 Å². The molecule has 10 nitrogen and oxygen atoms in total. The molecular formula is C33H44Cl2FN5O5. The number of nitrogens with one attached hydrogen (secondary N) is 1. The second kappa shape index (κ2) is 17.5. The van der Waals surface area contributed by atoms with E-state index >= 15 is 0 Å². The van der Waals surface area contributed by atoms with Gasteiger partial charge in [-0.25, -0.2) is 9.37 Å². The van der Waals surface area contributed by atoms with E-state index in [1.807, 2.05) is 38.7 Å². The van der Waals surface area contributed by atoms with Crippen molar-refractivity contribution in [2.75, 3.05) is 19.3 Å². The Balaban J connectivity index is 0.000000738. The zero-order chi connectivity index (χ0) is 33.9. The molecule has 2 unspecified atom stereocenters. The summed E-state index contributed by atoms with van der Waals surface area (Å²) in [5.41, 5.74) is 7.65. The van der Waals surface area contributed by atoms with Gasteiger partial charge in [0.1, 0.15) is 23.6 Å². The number of nitrogen functional groups attached to an aromatic ring is 1. The van der Waals surface area contributed by atoms with E-state index in [1.54, 1.807) is 25.4 Å². The minimum atomic E-state index is -0.673. The van der Waals surface area contributed by atoms with Crippen LogP contribution in [0.2, 0.25) is 10.0 Å². The molecule has 0 bridgehead atoms. The molecule has 13 heteroatoms. The lowest BCUT2D eigenvalue weighted by Crippen LogP contribution is -2.30. The van der Waals surface area contributed by atoms with E-state index in [1.165, 1.54) is 12.1 Å². The van der Waals surface area contributed by atoms with Crippen LogP contribution in [0.1, 0.15) is 77.9 Å². The third-order valence-electron chi connectivity index (χ3n) is 7.35. The standard InChI is InChI=1S/C28H34Cl2FN5O3.C5H10O2/c1-17(25-22(29)9-10-23(31)26(25)30)38-24-12-19(14-34-27(24)32)20-15-35-36(16-20)11-5-6-18(13-33-2)28(37)39-21-7-3-4-8-21;1-5(2,3)7-4-6/h9-10,12,14-18,21,33H,3-8,11,13H2,1-2H3,(H2,32,34);4H,1-3H3. The van der Waals surface area contributed by atoms with Crippen molar-refractivity contribution in [2.45, 2.75) is 90.6 Å². The number of carbonyl (C=O) groups excluding carboxylic acids is 2. The molecule has 2 heterocycles. The predicted molar refractivity (Wildman–Crippen MR) is 177 cm³/mol. The van der Waals surface area contributed by atoms with Crippen LogP contribution in [-0.4, -0.2) is 52.5 Å². The molecule has 46 heavy (non-hydrogen) atoms. The van der Waals surface area contributed by atoms with Crippen molar-refractivity contribution in [3.8, 4) is 16.9 Å². The number of aryl methyl sites for hydroxylation is 1. The quantitative estimate of drug-likeness (QED) is 0.110. The maximum atomic E-state index is 14.0. The van der Waals surface area contributed by atoms with Crippen molar-refractivity contribution in [3.63, 3.8) is 0 Å². The summed E-state index contributed by atoms with van der Waals surface area (Å²) in [7, 11) is 1.84. The minimum absolute atomic E-state index is 0.0683. The van der Waals surface area contributed by atoms with Gasteiger partial charge in [-0.3, -0.25) is 14.3 Å². The first-order valence-corrected chi connectivity index (χ1v) is 16.1. The Labute approximate surface area is 280 Å². The molecule has 0 amide bonds. The van der Waals surface area contributed by atoms with Crippen LogP contribution in [0, 0.1) is 11.7 Å². The van der Waals surface area contributed by atoms with E-state index in [0.29, 0.717) is 42.3 Å². The first-order chi connectivity index (χ1) is 21.8. The maximum Gasteiger partial charge on any atom is 0.310 e. The van der Waals surface area contributed by atoms with Crippen molar-refractivity contribution in [1.29, 1.82) is 0 Å². The number of rotatable bonds is 13. The molecular weight excluding hydrogens is 636 g/mol. The Bertz CT molecular complexity index is 1440. The van der Waals surface area contributed by atoms with E-state index in [4.69, 9.17) is 38.4 Å². The topological polar surface area (TPSA) is 131 Å². The average molecular weight is 681 g/mol. The third-order valence-corrected chi connectivity index (χ3v) is 8.06. The van der Waals surface area contributed by atoms with Gasteiger partial charge < -0.3 is 25.3 Å². The monoisotopic (exact) mass is 679 g/mol. The van der Waals surface area contributed by atoms with Crippen LogP contribution < -0.4 is 15.8 Å². The molecule has 1 fully saturated rings. The fourth-order valence-electron chi connectivity index (χ4n) is 4.97. The van der Waals surface area contributed by atoms with Gasteiger partial charge in [0.2, 0.25) is 0 Å². The van der Waals surface area contributed by atoms with Gasteiger partial charge in [0, 0.05) is 47.2 Å². The van der Waals surface area contributed by atoms with Crippen LogP contribution >= 0.6 is 23.2 Å². The van der Waals surface area contributed by atoms with Crippen LogP contribution in [0.3, 0.4) is 0 Å². The SMILES string of the molecule is CC(C)(C)OC=O.CNCC(CCCn1cc(-c2cnc(N)c(OC(C)c3c(Cl)ccc(F)c3Cl)c2)cn1)C(=O)OC1CCCC1. The van der Waals surface area contributed by atoms with Crippen molar-refractivity contribution < 1.29 is 28.2 Å². The summed E-state index contributed by atoms with van der Waals surface area (Å²) < 4.78 is 32.1. The second-order valence-corrected chi connectivity index (χ2v) is 13.0. The Morgan fingerprint density at radius 1 is 1.22 bits per heavy atom. The summed E-state index contributed by atoms with van der Waals surface area (Å²) in [6.07, 6.45) is 10.3. The molecule has 1 aliphatic carbocycles. The van der Waals surface area contributed by atoms with Gasteiger partial charge in [-0.05, 0) is 91.5 Å². The van der Waals surface area contributed by atoms with Crippen molar-refractivity contribution in [2.24, 2.45) is 5.92 Å². The largest absolute Gasteiger partial charge is 0.482 e. The number of hydrogen-bond donors (Lipinski definition) is 2. The van der Waals surface area contributed by atoms with Crippen LogP contribution in [0.25, 0.3) is 11.1 Å². The van der Waals surface area contributed by atoms with Crippen LogP contribution in [0.15, 0.2) is 36.8 Å². The molecule has 0 saturated heterocycles. The Morgan fingerprint density at radius 2 is 1.93 bits per heavy atom. The van der Waals surface area contributed by atoms with Crippen LogP contribution in [-0.2, 0) is 25.6 Å². The van der Waals surface area contributed by atoms with E-state index in [2.05, 4.69) is 20.1 Å². The first kappa shape index (κ1) is 37.1. The van der Waals surface area contributed by atoms with E-state index < -0.39 is 11.9 Å². The number of anilines is 1. The number of pyridine rings is 1. The number of halogens is 3. The van der Waals surface area contributed by atoms with Crippen molar-refractivity contribution in [1.82, 2.24) is 20.1 Å². The summed E-state index contributed by atoms with van der Waals surface area (Å²) in [5.74, 6) is -0.384. The van der Waals surface area contributed by atoms with Crippen LogP contribution in [0.5, 0.6) is 5.75 Å². The molecule has 1 saturated carbocycles. The molecule has 1 aliphatic rings. The summed E-state index contributed by atoms with van der Waals surface area (Å²) in [5, 5.41) is 7.77. The summed E-state index contributed by atoms with van der Waals surface area (Å²) in [6, 6.07) is 4.39. The van der Waals surface area contributed by atoms with E-state index in [-0.39, 0.29) is 34.4 Å². The summed E-state index contributed by atoms with van der Waals surface area (Å²) in [4.78, 5) is 26.5.